The maximum atomic E-state index is 12.7. The molecular weight excluding hydrogens is 303 g/mol. The van der Waals surface area contributed by atoms with Gasteiger partial charge >= 0.3 is 6.18 Å². The Morgan fingerprint density at radius 3 is 2.39 bits per heavy atom. The first-order valence-electron chi connectivity index (χ1n) is 7.40. The van der Waals surface area contributed by atoms with Crippen LogP contribution < -0.4 is 5.32 Å². The average Bonchev–Trinajstić information content (AvgIpc) is 2.54. The Morgan fingerprint density at radius 1 is 1.09 bits per heavy atom. The van der Waals surface area contributed by atoms with Gasteiger partial charge in [0.05, 0.1) is 11.5 Å². The molecule has 0 saturated heterocycles. The largest absolute Gasteiger partial charge is 0.416 e. The molecule has 0 aliphatic rings. The molecule has 2 aromatic carbocycles. The number of rotatable bonds is 5. The Hall–Kier alpha value is -2.30. The third-order valence-corrected chi connectivity index (χ3v) is 3.65. The van der Waals surface area contributed by atoms with Crippen molar-refractivity contribution >= 4 is 5.91 Å². The van der Waals surface area contributed by atoms with Crippen molar-refractivity contribution in [2.24, 2.45) is 0 Å². The van der Waals surface area contributed by atoms with E-state index in [1.165, 1.54) is 6.07 Å². The smallest absolute Gasteiger partial charge is 0.351 e. The Labute approximate surface area is 133 Å². The first kappa shape index (κ1) is 17.1. The van der Waals surface area contributed by atoms with Crippen molar-refractivity contribution in [1.29, 1.82) is 0 Å². The molecule has 0 aliphatic carbocycles. The lowest BCUT2D eigenvalue weighted by Crippen LogP contribution is -2.28. The minimum atomic E-state index is -4.38. The molecule has 0 aliphatic heterocycles. The zero-order chi connectivity index (χ0) is 16.9. The fourth-order valence-electron chi connectivity index (χ4n) is 2.43. The molecule has 1 N–H and O–H groups in total. The third-order valence-electron chi connectivity index (χ3n) is 3.65. The number of hydrogen-bond acceptors (Lipinski definition) is 1. The first-order chi connectivity index (χ1) is 10.9. The van der Waals surface area contributed by atoms with Crippen molar-refractivity contribution in [3.8, 4) is 0 Å². The second kappa shape index (κ2) is 7.31. The Kier molecular flexibility index (Phi) is 5.42. The monoisotopic (exact) mass is 321 g/mol. The summed E-state index contributed by atoms with van der Waals surface area (Å²) in [4.78, 5) is 12.3. The highest BCUT2D eigenvalue weighted by atomic mass is 19.4. The molecule has 0 radical (unpaired) electrons. The topological polar surface area (TPSA) is 29.1 Å². The van der Waals surface area contributed by atoms with Gasteiger partial charge in [0.25, 0.3) is 0 Å². The maximum Gasteiger partial charge on any atom is 0.416 e. The minimum absolute atomic E-state index is 0.0755. The molecule has 2 aromatic rings. The van der Waals surface area contributed by atoms with Gasteiger partial charge in [-0.25, -0.2) is 0 Å². The van der Waals surface area contributed by atoms with Crippen molar-refractivity contribution in [2.75, 3.05) is 0 Å². The number of nitrogens with one attached hydrogen (secondary N) is 1. The highest BCUT2D eigenvalue weighted by Gasteiger charge is 2.30. The Balaban J connectivity index is 2.04. The molecule has 122 valence electrons. The predicted octanol–water partition coefficient (Wildman–Crippen LogP) is 4.52. The number of carbonyl (C=O) groups excluding carboxylic acids is 1. The number of alkyl halides is 3. The summed E-state index contributed by atoms with van der Waals surface area (Å²) in [7, 11) is 0. The molecule has 1 atom stereocenters. The lowest BCUT2D eigenvalue weighted by Gasteiger charge is -2.16. The van der Waals surface area contributed by atoms with Gasteiger partial charge in [-0.15, -0.1) is 0 Å². The molecule has 0 aromatic heterocycles. The molecule has 0 fully saturated rings. The molecule has 0 saturated carbocycles. The maximum absolute atomic E-state index is 12.7. The van der Waals surface area contributed by atoms with E-state index >= 15 is 0 Å². The molecule has 1 amide bonds. The van der Waals surface area contributed by atoms with Crippen molar-refractivity contribution in [1.82, 2.24) is 5.32 Å². The minimum Gasteiger partial charge on any atom is -0.351 e. The first-order valence-corrected chi connectivity index (χ1v) is 7.40. The van der Waals surface area contributed by atoms with E-state index < -0.39 is 11.7 Å². The lowest BCUT2D eigenvalue weighted by molar-refractivity contribution is -0.137. The van der Waals surface area contributed by atoms with Gasteiger partial charge < -0.3 is 5.32 Å². The summed E-state index contributed by atoms with van der Waals surface area (Å²) >= 11 is 0. The van der Waals surface area contributed by atoms with Gasteiger partial charge in [0.1, 0.15) is 0 Å². The van der Waals surface area contributed by atoms with E-state index in [4.69, 9.17) is 0 Å². The number of benzene rings is 2. The molecular formula is C18H18F3NO. The van der Waals surface area contributed by atoms with Crippen molar-refractivity contribution in [2.45, 2.75) is 32.0 Å². The standard InChI is InChI=1S/C18H18F3NO/c1-2-16(14-8-4-3-5-9-14)17(23)22-12-13-7-6-10-15(11-13)18(19,20)21/h3-11,16H,2,12H2,1H3,(H,22,23)/t16-/m0/s1. The van der Waals surface area contributed by atoms with E-state index in [1.54, 1.807) is 6.07 Å². The van der Waals surface area contributed by atoms with Crippen molar-refractivity contribution < 1.29 is 18.0 Å². The van der Waals surface area contributed by atoms with Crippen LogP contribution in [-0.2, 0) is 17.5 Å². The number of halogens is 3. The lowest BCUT2D eigenvalue weighted by atomic mass is 9.95. The second-order valence-electron chi connectivity index (χ2n) is 5.29. The van der Waals surface area contributed by atoms with E-state index in [0.717, 1.165) is 17.7 Å². The van der Waals surface area contributed by atoms with Crippen LogP contribution in [0.5, 0.6) is 0 Å². The summed E-state index contributed by atoms with van der Waals surface area (Å²) in [6.45, 7) is 1.98. The molecule has 0 heterocycles. The van der Waals surface area contributed by atoms with E-state index in [1.807, 2.05) is 37.3 Å². The van der Waals surface area contributed by atoms with Crippen LogP contribution in [0.1, 0.15) is 36.0 Å². The van der Waals surface area contributed by atoms with Crippen LogP contribution in [-0.4, -0.2) is 5.91 Å². The fourth-order valence-corrected chi connectivity index (χ4v) is 2.43. The van der Waals surface area contributed by atoms with E-state index in [0.29, 0.717) is 12.0 Å². The van der Waals surface area contributed by atoms with E-state index in [-0.39, 0.29) is 18.4 Å². The van der Waals surface area contributed by atoms with Crippen LogP contribution in [0.4, 0.5) is 13.2 Å². The SMILES string of the molecule is CC[C@H](C(=O)NCc1cccc(C(F)(F)F)c1)c1ccccc1. The molecule has 0 bridgehead atoms. The summed E-state index contributed by atoms with van der Waals surface area (Å²) in [6, 6.07) is 14.3. The Bertz CT molecular complexity index is 653. The second-order valence-corrected chi connectivity index (χ2v) is 5.29. The number of amides is 1. The quantitative estimate of drug-likeness (QED) is 0.862. The molecule has 23 heavy (non-hydrogen) atoms. The van der Waals surface area contributed by atoms with Gasteiger partial charge in [0.2, 0.25) is 5.91 Å². The van der Waals surface area contributed by atoms with Gasteiger partial charge in [-0.1, -0.05) is 49.4 Å². The van der Waals surface area contributed by atoms with Crippen LogP contribution >= 0.6 is 0 Å². The van der Waals surface area contributed by atoms with Crippen LogP contribution in [0.2, 0.25) is 0 Å². The molecule has 2 rings (SSSR count). The normalized spacial score (nSPS) is 12.7. The summed E-state index contributed by atoms with van der Waals surface area (Å²) in [6.07, 6.45) is -3.76. The predicted molar refractivity (Wildman–Crippen MR) is 82.8 cm³/mol. The number of hydrogen-bond donors (Lipinski definition) is 1. The van der Waals surface area contributed by atoms with E-state index in [2.05, 4.69) is 5.32 Å². The van der Waals surface area contributed by atoms with Gasteiger partial charge in [-0.2, -0.15) is 13.2 Å². The van der Waals surface area contributed by atoms with Gasteiger partial charge in [0, 0.05) is 6.54 Å². The summed E-state index contributed by atoms with van der Waals surface area (Å²) in [5.41, 5.74) is 0.618. The van der Waals surface area contributed by atoms with Crippen molar-refractivity contribution in [3.63, 3.8) is 0 Å². The van der Waals surface area contributed by atoms with Crippen LogP contribution in [0.25, 0.3) is 0 Å². The zero-order valence-corrected chi connectivity index (χ0v) is 12.7. The Morgan fingerprint density at radius 2 is 1.78 bits per heavy atom. The average molecular weight is 321 g/mol. The van der Waals surface area contributed by atoms with E-state index in [9.17, 15) is 18.0 Å². The summed E-state index contributed by atoms with van der Waals surface area (Å²) < 4.78 is 38.1. The van der Waals surface area contributed by atoms with Gasteiger partial charge in [-0.05, 0) is 29.7 Å². The number of carbonyl (C=O) groups is 1. The zero-order valence-electron chi connectivity index (χ0n) is 12.7. The molecule has 5 heteroatoms. The van der Waals surface area contributed by atoms with Crippen molar-refractivity contribution in [3.05, 3.63) is 71.3 Å². The van der Waals surface area contributed by atoms with Gasteiger partial charge in [-0.3, -0.25) is 4.79 Å². The van der Waals surface area contributed by atoms with Gasteiger partial charge in [0.15, 0.2) is 0 Å². The highest BCUT2D eigenvalue weighted by molar-refractivity contribution is 5.83. The van der Waals surface area contributed by atoms with Crippen LogP contribution in [0.3, 0.4) is 0 Å². The molecule has 2 nitrogen and oxygen atoms in total. The van der Waals surface area contributed by atoms with Crippen LogP contribution in [0.15, 0.2) is 54.6 Å². The van der Waals surface area contributed by atoms with Crippen LogP contribution in [0, 0.1) is 0 Å². The molecule has 0 unspecified atom stereocenters. The highest BCUT2D eigenvalue weighted by Crippen LogP contribution is 2.29. The molecule has 0 spiro atoms. The third kappa shape index (κ3) is 4.58. The fraction of sp³-hybridized carbons (Fsp3) is 0.278. The summed E-state index contributed by atoms with van der Waals surface area (Å²) in [5.74, 6) is -0.488. The summed E-state index contributed by atoms with van der Waals surface area (Å²) in [5, 5.41) is 2.72.